The number of fused-ring (bicyclic) bond motifs is 1. The van der Waals surface area contributed by atoms with Crippen molar-refractivity contribution in [2.45, 2.75) is 17.4 Å². The number of hydrogen-bond donors (Lipinski definition) is 0. The van der Waals surface area contributed by atoms with Gasteiger partial charge >= 0.3 is 0 Å². The number of benzene rings is 2. The van der Waals surface area contributed by atoms with Crippen LogP contribution in [0.2, 0.25) is 0 Å². The van der Waals surface area contributed by atoms with Crippen LogP contribution in [0.5, 0.6) is 0 Å². The first kappa shape index (κ1) is 12.4. The molecule has 0 saturated carbocycles. The summed E-state index contributed by atoms with van der Waals surface area (Å²) >= 11 is 0. The van der Waals surface area contributed by atoms with Crippen LogP contribution in [-0.4, -0.2) is 19.8 Å². The van der Waals surface area contributed by atoms with E-state index in [1.807, 2.05) is 49.4 Å². The fourth-order valence-corrected chi connectivity index (χ4v) is 4.53. The zero-order valence-corrected chi connectivity index (χ0v) is 11.7. The number of sulfonamides is 1. The lowest BCUT2D eigenvalue weighted by atomic mass is 9.85. The molecular formula is C15H15NO2S. The molecule has 1 atom stereocenters. The van der Waals surface area contributed by atoms with Crippen molar-refractivity contribution in [3.05, 3.63) is 65.7 Å². The smallest absolute Gasteiger partial charge is 0.207 e. The van der Waals surface area contributed by atoms with Gasteiger partial charge in [0, 0.05) is 7.05 Å². The molecule has 0 saturated heterocycles. The summed E-state index contributed by atoms with van der Waals surface area (Å²) in [4.78, 5) is 0.406. The first-order valence-corrected chi connectivity index (χ1v) is 7.57. The summed E-state index contributed by atoms with van der Waals surface area (Å²) in [5, 5.41) is 0. The number of rotatable bonds is 1. The van der Waals surface area contributed by atoms with Crippen LogP contribution in [0, 0.1) is 0 Å². The van der Waals surface area contributed by atoms with Crippen molar-refractivity contribution in [3.63, 3.8) is 0 Å². The predicted molar refractivity (Wildman–Crippen MR) is 74.3 cm³/mol. The van der Waals surface area contributed by atoms with Gasteiger partial charge < -0.3 is 0 Å². The Balaban J connectivity index is 2.35. The van der Waals surface area contributed by atoms with E-state index in [1.54, 1.807) is 19.2 Å². The maximum Gasteiger partial charge on any atom is 0.244 e. The number of hydrogen-bond acceptors (Lipinski definition) is 2. The molecule has 2 aromatic carbocycles. The van der Waals surface area contributed by atoms with Crippen molar-refractivity contribution in [1.82, 2.24) is 4.31 Å². The molecule has 0 amide bonds. The van der Waals surface area contributed by atoms with Gasteiger partial charge in [0.2, 0.25) is 10.0 Å². The van der Waals surface area contributed by atoms with Crippen molar-refractivity contribution < 1.29 is 8.42 Å². The molecule has 1 aliphatic rings. The molecule has 0 bridgehead atoms. The molecule has 0 aromatic heterocycles. The summed E-state index contributed by atoms with van der Waals surface area (Å²) in [6, 6.07) is 16.9. The molecule has 0 N–H and O–H groups in total. The minimum Gasteiger partial charge on any atom is -0.207 e. The second kappa shape index (κ2) is 3.92. The third-order valence-corrected chi connectivity index (χ3v) is 6.01. The van der Waals surface area contributed by atoms with Gasteiger partial charge in [0.1, 0.15) is 0 Å². The Kier molecular flexibility index (Phi) is 2.56. The standard InChI is InChI=1S/C15H15NO2S/c1-15(12-8-4-3-5-9-12)13-10-6-7-11-14(13)19(17,18)16(15)2/h3-11H,1-2H3. The molecule has 0 radical (unpaired) electrons. The Hall–Kier alpha value is -1.65. The zero-order valence-electron chi connectivity index (χ0n) is 10.9. The summed E-state index contributed by atoms with van der Waals surface area (Å²) in [5.74, 6) is 0. The van der Waals surface area contributed by atoms with Crippen LogP contribution >= 0.6 is 0 Å². The van der Waals surface area contributed by atoms with Crippen molar-refractivity contribution in [2.24, 2.45) is 0 Å². The minimum atomic E-state index is -3.41. The van der Waals surface area contributed by atoms with Gasteiger partial charge in [0.15, 0.2) is 0 Å². The van der Waals surface area contributed by atoms with Gasteiger partial charge in [-0.3, -0.25) is 0 Å². The maximum atomic E-state index is 12.5. The van der Waals surface area contributed by atoms with Crippen molar-refractivity contribution in [2.75, 3.05) is 7.05 Å². The van der Waals surface area contributed by atoms with Gasteiger partial charge in [0.05, 0.1) is 10.4 Å². The lowest BCUT2D eigenvalue weighted by Crippen LogP contribution is -2.39. The van der Waals surface area contributed by atoms with Crippen molar-refractivity contribution in [3.8, 4) is 0 Å². The van der Waals surface area contributed by atoms with E-state index in [1.165, 1.54) is 4.31 Å². The third kappa shape index (κ3) is 1.50. The van der Waals surface area contributed by atoms with Crippen molar-refractivity contribution in [1.29, 1.82) is 0 Å². The van der Waals surface area contributed by atoms with E-state index >= 15 is 0 Å². The Morgan fingerprint density at radius 2 is 1.53 bits per heavy atom. The lowest BCUT2D eigenvalue weighted by molar-refractivity contribution is 0.315. The van der Waals surface area contributed by atoms with Crippen LogP contribution < -0.4 is 0 Å². The molecule has 3 rings (SSSR count). The van der Waals surface area contributed by atoms with Gasteiger partial charge in [-0.15, -0.1) is 0 Å². The monoisotopic (exact) mass is 273 g/mol. The Labute approximate surface area is 113 Å². The molecule has 4 heteroatoms. The second-order valence-electron chi connectivity index (χ2n) is 4.91. The fourth-order valence-electron chi connectivity index (χ4n) is 2.75. The molecule has 2 aromatic rings. The maximum absolute atomic E-state index is 12.5. The van der Waals surface area contributed by atoms with E-state index in [-0.39, 0.29) is 0 Å². The van der Waals surface area contributed by atoms with Crippen LogP contribution in [0.15, 0.2) is 59.5 Å². The van der Waals surface area contributed by atoms with Gasteiger partial charge in [-0.2, -0.15) is 4.31 Å². The Morgan fingerprint density at radius 1 is 0.947 bits per heavy atom. The predicted octanol–water partition coefficient (Wildman–Crippen LogP) is 2.58. The molecule has 3 nitrogen and oxygen atoms in total. The lowest BCUT2D eigenvalue weighted by Gasteiger charge is -2.32. The average molecular weight is 273 g/mol. The molecule has 0 fully saturated rings. The van der Waals surface area contributed by atoms with Gasteiger partial charge in [-0.05, 0) is 24.1 Å². The topological polar surface area (TPSA) is 37.4 Å². The highest BCUT2D eigenvalue weighted by Gasteiger charge is 2.49. The zero-order chi connectivity index (χ0) is 13.7. The quantitative estimate of drug-likeness (QED) is 0.801. The normalized spacial score (nSPS) is 25.2. The van der Waals surface area contributed by atoms with Crippen LogP contribution in [0.25, 0.3) is 0 Å². The molecule has 0 spiro atoms. The summed E-state index contributed by atoms with van der Waals surface area (Å²) in [6.45, 7) is 1.95. The van der Waals surface area contributed by atoms with Crippen LogP contribution in [0.3, 0.4) is 0 Å². The Morgan fingerprint density at radius 3 is 2.21 bits per heavy atom. The molecule has 1 unspecified atom stereocenters. The van der Waals surface area contributed by atoms with Gasteiger partial charge in [-0.1, -0.05) is 48.5 Å². The largest absolute Gasteiger partial charge is 0.244 e. The summed E-state index contributed by atoms with van der Waals surface area (Å²) in [5.41, 5.74) is 1.17. The van der Waals surface area contributed by atoms with Crippen LogP contribution in [0.1, 0.15) is 18.1 Å². The summed E-state index contributed by atoms with van der Waals surface area (Å²) in [7, 11) is -1.77. The molecule has 19 heavy (non-hydrogen) atoms. The van der Waals surface area contributed by atoms with E-state index in [4.69, 9.17) is 0 Å². The molecule has 0 aliphatic carbocycles. The average Bonchev–Trinajstić information content (AvgIpc) is 2.61. The molecule has 1 heterocycles. The van der Waals surface area contributed by atoms with E-state index in [0.717, 1.165) is 11.1 Å². The fraction of sp³-hybridized carbons (Fsp3) is 0.200. The highest BCUT2D eigenvalue weighted by atomic mass is 32.2. The highest BCUT2D eigenvalue weighted by Crippen LogP contribution is 2.46. The summed E-state index contributed by atoms with van der Waals surface area (Å²) in [6.07, 6.45) is 0. The minimum absolute atomic E-state index is 0.406. The SMILES string of the molecule is CN1C(C)(c2ccccc2)c2ccccc2S1(=O)=O. The first-order valence-electron chi connectivity index (χ1n) is 6.13. The molecule has 1 aliphatic heterocycles. The second-order valence-corrected chi connectivity index (χ2v) is 6.84. The first-order chi connectivity index (χ1) is 8.99. The van der Waals surface area contributed by atoms with Crippen LogP contribution in [-0.2, 0) is 15.6 Å². The van der Waals surface area contributed by atoms with E-state index in [2.05, 4.69) is 0 Å². The Bertz CT molecular complexity index is 725. The van der Waals surface area contributed by atoms with E-state index < -0.39 is 15.6 Å². The van der Waals surface area contributed by atoms with E-state index in [0.29, 0.717) is 4.90 Å². The number of nitrogens with zero attached hydrogens (tertiary/aromatic N) is 1. The molecule has 98 valence electrons. The van der Waals surface area contributed by atoms with E-state index in [9.17, 15) is 8.42 Å². The van der Waals surface area contributed by atoms with Crippen molar-refractivity contribution >= 4 is 10.0 Å². The van der Waals surface area contributed by atoms with Gasteiger partial charge in [-0.25, -0.2) is 8.42 Å². The highest BCUT2D eigenvalue weighted by molar-refractivity contribution is 7.89. The summed E-state index contributed by atoms with van der Waals surface area (Å²) < 4.78 is 26.5. The molecular weight excluding hydrogens is 258 g/mol. The van der Waals surface area contributed by atoms with Crippen LogP contribution in [0.4, 0.5) is 0 Å². The van der Waals surface area contributed by atoms with Gasteiger partial charge in [0.25, 0.3) is 0 Å². The third-order valence-electron chi connectivity index (χ3n) is 4.02.